The topological polar surface area (TPSA) is 21.3 Å². The molecule has 0 aromatic heterocycles. The standard InChI is InChI=1S/C11H17NO/c1-4-13-12-10(3)11-7-5-6-9(2)8-11/h5-8,10,12H,4H2,1-3H3. The van der Waals surface area contributed by atoms with Gasteiger partial charge in [-0.15, -0.1) is 0 Å². The van der Waals surface area contributed by atoms with Gasteiger partial charge in [-0.1, -0.05) is 29.8 Å². The molecule has 0 spiro atoms. The Balaban J connectivity index is 2.60. The third kappa shape index (κ3) is 3.17. The van der Waals surface area contributed by atoms with Gasteiger partial charge in [0.2, 0.25) is 0 Å². The van der Waals surface area contributed by atoms with Crippen molar-refractivity contribution in [2.75, 3.05) is 6.61 Å². The van der Waals surface area contributed by atoms with Gasteiger partial charge in [-0.2, -0.15) is 5.48 Å². The number of aryl methyl sites for hydroxylation is 1. The summed E-state index contributed by atoms with van der Waals surface area (Å²) >= 11 is 0. The predicted molar refractivity (Wildman–Crippen MR) is 54.4 cm³/mol. The smallest absolute Gasteiger partial charge is 0.0654 e. The summed E-state index contributed by atoms with van der Waals surface area (Å²) in [6.07, 6.45) is 0. The monoisotopic (exact) mass is 179 g/mol. The van der Waals surface area contributed by atoms with Crippen LogP contribution in [0.25, 0.3) is 0 Å². The van der Waals surface area contributed by atoms with E-state index in [9.17, 15) is 0 Å². The molecule has 1 unspecified atom stereocenters. The van der Waals surface area contributed by atoms with Crippen molar-refractivity contribution in [3.05, 3.63) is 35.4 Å². The number of hydrogen-bond donors (Lipinski definition) is 1. The van der Waals surface area contributed by atoms with E-state index in [0.29, 0.717) is 6.61 Å². The number of hydroxylamine groups is 1. The van der Waals surface area contributed by atoms with Crippen molar-refractivity contribution >= 4 is 0 Å². The highest BCUT2D eigenvalue weighted by Crippen LogP contribution is 2.13. The number of nitrogens with one attached hydrogen (secondary N) is 1. The van der Waals surface area contributed by atoms with E-state index >= 15 is 0 Å². The van der Waals surface area contributed by atoms with Crippen LogP contribution >= 0.6 is 0 Å². The zero-order chi connectivity index (χ0) is 9.68. The molecule has 2 nitrogen and oxygen atoms in total. The van der Waals surface area contributed by atoms with Crippen LogP contribution in [0.2, 0.25) is 0 Å². The first-order valence-electron chi connectivity index (χ1n) is 4.68. The van der Waals surface area contributed by atoms with E-state index in [2.05, 4.69) is 43.6 Å². The molecule has 0 fully saturated rings. The SMILES string of the molecule is CCONC(C)c1cccc(C)c1. The molecule has 1 N–H and O–H groups in total. The second-order valence-corrected chi connectivity index (χ2v) is 3.19. The number of rotatable bonds is 4. The zero-order valence-corrected chi connectivity index (χ0v) is 8.50. The van der Waals surface area contributed by atoms with Crippen LogP contribution in [0.15, 0.2) is 24.3 Å². The predicted octanol–water partition coefficient (Wildman–Crippen LogP) is 2.60. The zero-order valence-electron chi connectivity index (χ0n) is 8.50. The Hall–Kier alpha value is -0.860. The highest BCUT2D eigenvalue weighted by Gasteiger charge is 2.03. The Morgan fingerprint density at radius 2 is 2.23 bits per heavy atom. The van der Waals surface area contributed by atoms with Gasteiger partial charge in [0.25, 0.3) is 0 Å². The van der Waals surface area contributed by atoms with Crippen molar-refractivity contribution in [3.63, 3.8) is 0 Å². The Labute approximate surface area is 79.9 Å². The van der Waals surface area contributed by atoms with Crippen molar-refractivity contribution in [1.82, 2.24) is 5.48 Å². The van der Waals surface area contributed by atoms with Gasteiger partial charge in [-0.25, -0.2) is 0 Å². The lowest BCUT2D eigenvalue weighted by atomic mass is 10.1. The van der Waals surface area contributed by atoms with Crippen molar-refractivity contribution in [2.24, 2.45) is 0 Å². The van der Waals surface area contributed by atoms with E-state index in [1.54, 1.807) is 0 Å². The summed E-state index contributed by atoms with van der Waals surface area (Å²) in [6, 6.07) is 8.67. The van der Waals surface area contributed by atoms with Crippen molar-refractivity contribution < 1.29 is 4.84 Å². The molecule has 0 saturated carbocycles. The first-order valence-corrected chi connectivity index (χ1v) is 4.68. The average molecular weight is 179 g/mol. The Bertz CT molecular complexity index is 260. The van der Waals surface area contributed by atoms with Gasteiger partial charge in [0.05, 0.1) is 12.6 Å². The minimum atomic E-state index is 0.250. The molecule has 0 bridgehead atoms. The summed E-state index contributed by atoms with van der Waals surface area (Å²) in [6.45, 7) is 6.84. The molecule has 0 saturated heterocycles. The Kier molecular flexibility index (Phi) is 3.93. The van der Waals surface area contributed by atoms with Crippen LogP contribution < -0.4 is 5.48 Å². The van der Waals surface area contributed by atoms with E-state index in [0.717, 1.165) is 0 Å². The quantitative estimate of drug-likeness (QED) is 0.717. The number of benzene rings is 1. The molecule has 0 aliphatic carbocycles. The lowest BCUT2D eigenvalue weighted by molar-refractivity contribution is 0.0285. The Morgan fingerprint density at radius 3 is 2.85 bits per heavy atom. The summed E-state index contributed by atoms with van der Waals surface area (Å²) in [5.74, 6) is 0. The summed E-state index contributed by atoms with van der Waals surface area (Å²) in [7, 11) is 0. The molecule has 13 heavy (non-hydrogen) atoms. The fourth-order valence-electron chi connectivity index (χ4n) is 1.22. The van der Waals surface area contributed by atoms with Crippen LogP contribution in [0, 0.1) is 6.92 Å². The highest BCUT2D eigenvalue weighted by atomic mass is 16.6. The normalized spacial score (nSPS) is 12.8. The van der Waals surface area contributed by atoms with E-state index in [-0.39, 0.29) is 6.04 Å². The third-order valence-corrected chi connectivity index (χ3v) is 1.95. The molecule has 0 heterocycles. The highest BCUT2D eigenvalue weighted by molar-refractivity contribution is 5.24. The van der Waals surface area contributed by atoms with Crippen LogP contribution in [0.1, 0.15) is 31.0 Å². The molecule has 0 radical (unpaired) electrons. The molecular formula is C11H17NO. The van der Waals surface area contributed by atoms with Crippen molar-refractivity contribution in [3.8, 4) is 0 Å². The fourth-order valence-corrected chi connectivity index (χ4v) is 1.22. The minimum absolute atomic E-state index is 0.250. The molecular weight excluding hydrogens is 162 g/mol. The molecule has 1 aromatic carbocycles. The van der Waals surface area contributed by atoms with Crippen molar-refractivity contribution in [1.29, 1.82) is 0 Å². The summed E-state index contributed by atoms with van der Waals surface area (Å²) in [4.78, 5) is 5.14. The van der Waals surface area contributed by atoms with Crippen LogP contribution in [-0.4, -0.2) is 6.61 Å². The van der Waals surface area contributed by atoms with Crippen LogP contribution in [0.4, 0.5) is 0 Å². The first-order chi connectivity index (χ1) is 6.24. The summed E-state index contributed by atoms with van der Waals surface area (Å²) in [5, 5.41) is 0. The maximum atomic E-state index is 5.14. The van der Waals surface area contributed by atoms with E-state index in [4.69, 9.17) is 4.84 Å². The van der Waals surface area contributed by atoms with Crippen LogP contribution in [0.3, 0.4) is 0 Å². The van der Waals surface area contributed by atoms with E-state index in [1.807, 2.05) is 6.92 Å². The van der Waals surface area contributed by atoms with E-state index in [1.165, 1.54) is 11.1 Å². The maximum absolute atomic E-state index is 5.14. The molecule has 72 valence electrons. The molecule has 2 heteroatoms. The molecule has 0 amide bonds. The number of hydrogen-bond acceptors (Lipinski definition) is 2. The summed E-state index contributed by atoms with van der Waals surface area (Å²) in [5.41, 5.74) is 5.51. The first kappa shape index (κ1) is 10.2. The minimum Gasteiger partial charge on any atom is -0.302 e. The molecule has 1 rings (SSSR count). The van der Waals surface area contributed by atoms with Crippen LogP contribution in [0.5, 0.6) is 0 Å². The van der Waals surface area contributed by atoms with Gasteiger partial charge in [0.1, 0.15) is 0 Å². The van der Waals surface area contributed by atoms with Gasteiger partial charge in [-0.05, 0) is 26.3 Å². The molecule has 0 aliphatic rings. The maximum Gasteiger partial charge on any atom is 0.0654 e. The molecule has 0 aliphatic heterocycles. The van der Waals surface area contributed by atoms with Gasteiger partial charge in [0.15, 0.2) is 0 Å². The summed E-state index contributed by atoms with van der Waals surface area (Å²) < 4.78 is 0. The molecule has 1 atom stereocenters. The lowest BCUT2D eigenvalue weighted by Gasteiger charge is -2.13. The lowest BCUT2D eigenvalue weighted by Crippen LogP contribution is -2.18. The second kappa shape index (κ2) is 5.00. The molecule has 1 aromatic rings. The van der Waals surface area contributed by atoms with Gasteiger partial charge in [0, 0.05) is 0 Å². The van der Waals surface area contributed by atoms with Crippen LogP contribution in [-0.2, 0) is 4.84 Å². The average Bonchev–Trinajstić information content (AvgIpc) is 2.14. The van der Waals surface area contributed by atoms with E-state index < -0.39 is 0 Å². The third-order valence-electron chi connectivity index (χ3n) is 1.95. The van der Waals surface area contributed by atoms with Gasteiger partial charge in [-0.3, -0.25) is 0 Å². The van der Waals surface area contributed by atoms with Gasteiger partial charge < -0.3 is 4.84 Å². The van der Waals surface area contributed by atoms with Gasteiger partial charge >= 0.3 is 0 Å². The largest absolute Gasteiger partial charge is 0.302 e. The Morgan fingerprint density at radius 1 is 1.46 bits per heavy atom. The van der Waals surface area contributed by atoms with Crippen molar-refractivity contribution in [2.45, 2.75) is 26.8 Å². The second-order valence-electron chi connectivity index (χ2n) is 3.19. The fraction of sp³-hybridized carbons (Fsp3) is 0.455.